The van der Waals surface area contributed by atoms with Gasteiger partial charge in [0.05, 0.1) is 5.70 Å². The molecule has 1 heteroatoms. The molecule has 1 aliphatic rings. The minimum absolute atomic E-state index is 0.583. The van der Waals surface area contributed by atoms with E-state index in [9.17, 15) is 0 Å². The molecule has 0 saturated carbocycles. The molecule has 0 fully saturated rings. The fourth-order valence-corrected chi connectivity index (χ4v) is 1.18. The second-order valence-corrected chi connectivity index (χ2v) is 2.79. The SMILES string of the molecule is C=CC1=CCC(C)C=C1N=C. The second-order valence-electron chi connectivity index (χ2n) is 2.79. The van der Waals surface area contributed by atoms with Gasteiger partial charge in [0.15, 0.2) is 0 Å². The number of hydrogen-bond acceptors (Lipinski definition) is 1. The smallest absolute Gasteiger partial charge is 0.0654 e. The number of hydrogen-bond donors (Lipinski definition) is 0. The van der Waals surface area contributed by atoms with Crippen molar-refractivity contribution < 1.29 is 0 Å². The maximum Gasteiger partial charge on any atom is 0.0654 e. The average Bonchev–Trinajstić information content (AvgIpc) is 2.04. The maximum absolute atomic E-state index is 3.92. The molecule has 0 N–H and O–H groups in total. The van der Waals surface area contributed by atoms with Crippen molar-refractivity contribution in [1.29, 1.82) is 0 Å². The lowest BCUT2D eigenvalue weighted by Gasteiger charge is -2.13. The van der Waals surface area contributed by atoms with Crippen LogP contribution in [0.25, 0.3) is 0 Å². The van der Waals surface area contributed by atoms with Gasteiger partial charge in [-0.1, -0.05) is 31.7 Å². The number of allylic oxidation sites excluding steroid dienone is 3. The van der Waals surface area contributed by atoms with Crippen LogP contribution in [0.1, 0.15) is 13.3 Å². The summed E-state index contributed by atoms with van der Waals surface area (Å²) in [6, 6.07) is 0. The standard InChI is InChI=1S/C10H13N/c1-4-9-6-5-8(2)7-10(9)11-3/h4,6-8H,1,3,5H2,2H3. The average molecular weight is 147 g/mol. The van der Waals surface area contributed by atoms with Crippen LogP contribution in [0.3, 0.4) is 0 Å². The molecule has 1 nitrogen and oxygen atoms in total. The molecule has 0 amide bonds. The van der Waals surface area contributed by atoms with Gasteiger partial charge in [-0.25, -0.2) is 0 Å². The topological polar surface area (TPSA) is 12.4 Å². The van der Waals surface area contributed by atoms with Gasteiger partial charge in [-0.2, -0.15) is 0 Å². The van der Waals surface area contributed by atoms with Crippen molar-refractivity contribution in [3.8, 4) is 0 Å². The molecule has 58 valence electrons. The Morgan fingerprint density at radius 2 is 2.45 bits per heavy atom. The summed E-state index contributed by atoms with van der Waals surface area (Å²) in [5.41, 5.74) is 2.08. The molecule has 0 bridgehead atoms. The van der Waals surface area contributed by atoms with Crippen molar-refractivity contribution in [2.45, 2.75) is 13.3 Å². The first-order chi connectivity index (χ1) is 5.27. The molecule has 0 radical (unpaired) electrons. The third-order valence-electron chi connectivity index (χ3n) is 1.84. The molecule has 1 unspecified atom stereocenters. The predicted molar refractivity (Wildman–Crippen MR) is 49.7 cm³/mol. The van der Waals surface area contributed by atoms with Crippen LogP contribution >= 0.6 is 0 Å². The third kappa shape index (κ3) is 1.67. The van der Waals surface area contributed by atoms with Crippen LogP contribution in [-0.2, 0) is 0 Å². The van der Waals surface area contributed by atoms with E-state index in [1.807, 2.05) is 6.08 Å². The van der Waals surface area contributed by atoms with E-state index >= 15 is 0 Å². The summed E-state index contributed by atoms with van der Waals surface area (Å²) in [6.45, 7) is 9.39. The van der Waals surface area contributed by atoms with Crippen LogP contribution in [0.15, 0.2) is 41.1 Å². The van der Waals surface area contributed by atoms with Crippen molar-refractivity contribution in [3.05, 3.63) is 36.1 Å². The molecule has 0 aromatic heterocycles. The quantitative estimate of drug-likeness (QED) is 0.532. The molecule has 1 rings (SSSR count). The molecule has 1 atom stereocenters. The summed E-state index contributed by atoms with van der Waals surface area (Å²) >= 11 is 0. The minimum Gasteiger partial charge on any atom is -0.264 e. The fraction of sp³-hybridized carbons (Fsp3) is 0.300. The summed E-state index contributed by atoms with van der Waals surface area (Å²) in [5, 5.41) is 0. The Bertz CT molecular complexity index is 233. The molecule has 0 saturated heterocycles. The van der Waals surface area contributed by atoms with E-state index in [4.69, 9.17) is 0 Å². The van der Waals surface area contributed by atoms with E-state index in [-0.39, 0.29) is 0 Å². The third-order valence-corrected chi connectivity index (χ3v) is 1.84. The number of nitrogens with zero attached hydrogens (tertiary/aromatic N) is 1. The number of rotatable bonds is 2. The lowest BCUT2D eigenvalue weighted by Crippen LogP contribution is -1.97. The first kappa shape index (κ1) is 7.99. The van der Waals surface area contributed by atoms with Gasteiger partial charge < -0.3 is 0 Å². The highest BCUT2D eigenvalue weighted by Gasteiger charge is 2.07. The van der Waals surface area contributed by atoms with Crippen molar-refractivity contribution in [2.75, 3.05) is 0 Å². The van der Waals surface area contributed by atoms with E-state index < -0.39 is 0 Å². The van der Waals surface area contributed by atoms with E-state index in [2.05, 4.69) is 37.4 Å². The molecule has 0 spiro atoms. The van der Waals surface area contributed by atoms with Gasteiger partial charge >= 0.3 is 0 Å². The lowest BCUT2D eigenvalue weighted by molar-refractivity contribution is 0.723. The summed E-state index contributed by atoms with van der Waals surface area (Å²) in [6.07, 6.45) is 7.19. The Hall–Kier alpha value is -1.11. The van der Waals surface area contributed by atoms with Crippen molar-refractivity contribution in [3.63, 3.8) is 0 Å². The molecule has 0 heterocycles. The monoisotopic (exact) mass is 147 g/mol. The van der Waals surface area contributed by atoms with Gasteiger partial charge in [-0.15, -0.1) is 0 Å². The Balaban J connectivity index is 2.90. The zero-order chi connectivity index (χ0) is 8.27. The van der Waals surface area contributed by atoms with Crippen LogP contribution in [0.4, 0.5) is 0 Å². The molecule has 0 aromatic carbocycles. The van der Waals surface area contributed by atoms with Gasteiger partial charge in [0.25, 0.3) is 0 Å². The fourth-order valence-electron chi connectivity index (χ4n) is 1.18. The largest absolute Gasteiger partial charge is 0.264 e. The highest BCUT2D eigenvalue weighted by molar-refractivity contribution is 5.45. The Kier molecular flexibility index (Phi) is 2.42. The first-order valence-corrected chi connectivity index (χ1v) is 3.79. The molecular weight excluding hydrogens is 134 g/mol. The van der Waals surface area contributed by atoms with E-state index in [0.29, 0.717) is 5.92 Å². The van der Waals surface area contributed by atoms with Crippen LogP contribution < -0.4 is 0 Å². The van der Waals surface area contributed by atoms with Gasteiger partial charge in [0.2, 0.25) is 0 Å². The Labute approximate surface area is 67.8 Å². The van der Waals surface area contributed by atoms with Crippen molar-refractivity contribution in [2.24, 2.45) is 10.9 Å². The summed E-state index contributed by atoms with van der Waals surface area (Å²) < 4.78 is 0. The van der Waals surface area contributed by atoms with Crippen LogP contribution in [-0.4, -0.2) is 6.72 Å². The summed E-state index contributed by atoms with van der Waals surface area (Å²) in [7, 11) is 0. The molecule has 11 heavy (non-hydrogen) atoms. The first-order valence-electron chi connectivity index (χ1n) is 3.79. The van der Waals surface area contributed by atoms with Gasteiger partial charge in [0, 0.05) is 0 Å². The Morgan fingerprint density at radius 3 is 3.00 bits per heavy atom. The van der Waals surface area contributed by atoms with Gasteiger partial charge in [-0.3, -0.25) is 4.99 Å². The van der Waals surface area contributed by atoms with Gasteiger partial charge in [-0.05, 0) is 24.6 Å². The van der Waals surface area contributed by atoms with E-state index in [1.54, 1.807) is 0 Å². The second kappa shape index (κ2) is 3.33. The predicted octanol–water partition coefficient (Wildman–Crippen LogP) is 2.72. The molecular formula is C10H13N. The summed E-state index contributed by atoms with van der Waals surface area (Å²) in [5.74, 6) is 0.583. The zero-order valence-electron chi connectivity index (χ0n) is 6.88. The van der Waals surface area contributed by atoms with E-state index in [0.717, 1.165) is 17.7 Å². The maximum atomic E-state index is 3.92. The number of aliphatic imine (C=N–C) groups is 1. The molecule has 1 aliphatic carbocycles. The minimum atomic E-state index is 0.583. The highest BCUT2D eigenvalue weighted by atomic mass is 14.7. The highest BCUT2D eigenvalue weighted by Crippen LogP contribution is 2.23. The zero-order valence-corrected chi connectivity index (χ0v) is 6.88. The van der Waals surface area contributed by atoms with Crippen molar-refractivity contribution >= 4 is 6.72 Å². The van der Waals surface area contributed by atoms with Crippen molar-refractivity contribution in [1.82, 2.24) is 0 Å². The molecule has 0 aliphatic heterocycles. The van der Waals surface area contributed by atoms with Crippen LogP contribution in [0, 0.1) is 5.92 Å². The summed E-state index contributed by atoms with van der Waals surface area (Å²) in [4.78, 5) is 3.92. The van der Waals surface area contributed by atoms with E-state index in [1.165, 1.54) is 0 Å². The van der Waals surface area contributed by atoms with Crippen LogP contribution in [0.2, 0.25) is 0 Å². The lowest BCUT2D eigenvalue weighted by atomic mass is 9.96. The van der Waals surface area contributed by atoms with Crippen LogP contribution in [0.5, 0.6) is 0 Å². The normalized spacial score (nSPS) is 23.5. The molecule has 0 aromatic rings. The van der Waals surface area contributed by atoms with Gasteiger partial charge in [0.1, 0.15) is 0 Å². The Morgan fingerprint density at radius 1 is 1.73 bits per heavy atom.